The minimum atomic E-state index is -1.26. The Labute approximate surface area is 197 Å². The molecule has 1 saturated heterocycles. The van der Waals surface area contributed by atoms with Gasteiger partial charge in [0.2, 0.25) is 0 Å². The van der Waals surface area contributed by atoms with Crippen LogP contribution in [0.3, 0.4) is 0 Å². The van der Waals surface area contributed by atoms with Gasteiger partial charge < -0.3 is 30.5 Å². The van der Waals surface area contributed by atoms with E-state index in [1.807, 2.05) is 0 Å². The quantitative estimate of drug-likeness (QED) is 0.423. The van der Waals surface area contributed by atoms with Crippen LogP contribution in [-0.4, -0.2) is 50.3 Å². The second-order valence-electron chi connectivity index (χ2n) is 8.82. The number of carbonyl (C=O) groups is 3. The molecule has 0 saturated carbocycles. The SMILES string of the molecule is C[C@@H]1[C@@H](Nc2ccccc2C(=O)O)[C@@H](C)C(=O)[C@@H](C)[C@@H](O)CC(=O)O[C@@H]1c1cc(O)cc(O)c1. The molecule has 1 aliphatic heterocycles. The van der Waals surface area contributed by atoms with Gasteiger partial charge in [0, 0.05) is 41.1 Å². The number of carbonyl (C=O) groups excluding carboxylic acids is 2. The van der Waals surface area contributed by atoms with Gasteiger partial charge in [0.15, 0.2) is 0 Å². The average Bonchev–Trinajstić information content (AvgIpc) is 2.78. The Kier molecular flexibility index (Phi) is 7.46. The van der Waals surface area contributed by atoms with Gasteiger partial charge >= 0.3 is 11.9 Å². The molecule has 1 fully saturated rings. The summed E-state index contributed by atoms with van der Waals surface area (Å²) in [5.41, 5.74) is 0.572. The number of carboxylic acids is 1. The first-order valence-electron chi connectivity index (χ1n) is 11.0. The van der Waals surface area contributed by atoms with Crippen LogP contribution < -0.4 is 5.32 Å². The number of aromatic hydroxyl groups is 2. The number of aliphatic hydroxyl groups excluding tert-OH is 1. The van der Waals surface area contributed by atoms with Crippen molar-refractivity contribution < 1.29 is 39.5 Å². The molecule has 1 heterocycles. The molecule has 0 bridgehead atoms. The number of phenols is 2. The molecule has 0 unspecified atom stereocenters. The van der Waals surface area contributed by atoms with Crippen LogP contribution in [0.2, 0.25) is 0 Å². The van der Waals surface area contributed by atoms with Crippen LogP contribution in [0.15, 0.2) is 42.5 Å². The van der Waals surface area contributed by atoms with Gasteiger partial charge in [-0.15, -0.1) is 0 Å². The fourth-order valence-corrected chi connectivity index (χ4v) is 4.45. The van der Waals surface area contributed by atoms with Crippen LogP contribution in [-0.2, 0) is 14.3 Å². The van der Waals surface area contributed by atoms with E-state index in [1.165, 1.54) is 25.1 Å². The van der Waals surface area contributed by atoms with Crippen molar-refractivity contribution >= 4 is 23.4 Å². The first-order valence-corrected chi connectivity index (χ1v) is 11.0. The van der Waals surface area contributed by atoms with Crippen molar-refractivity contribution in [2.24, 2.45) is 17.8 Å². The smallest absolute Gasteiger partial charge is 0.337 e. The Balaban J connectivity index is 2.12. The number of nitrogens with one attached hydrogen (secondary N) is 1. The topological polar surface area (TPSA) is 153 Å². The molecule has 0 spiro atoms. The molecule has 2 aromatic rings. The van der Waals surface area contributed by atoms with Crippen molar-refractivity contribution in [2.75, 3.05) is 5.32 Å². The number of esters is 1. The first kappa shape index (κ1) is 25.0. The van der Waals surface area contributed by atoms with Gasteiger partial charge in [-0.2, -0.15) is 0 Å². The Morgan fingerprint density at radius 1 is 1.00 bits per heavy atom. The summed E-state index contributed by atoms with van der Waals surface area (Å²) < 4.78 is 5.69. The Hall–Kier alpha value is -3.59. The van der Waals surface area contributed by atoms with Gasteiger partial charge in [-0.05, 0) is 24.3 Å². The number of carboxylic acid groups (broad SMARTS) is 1. The predicted octanol–water partition coefficient (Wildman–Crippen LogP) is 3.10. The molecule has 0 aliphatic carbocycles. The molecule has 5 N–H and O–H groups in total. The molecule has 9 heteroatoms. The molecular formula is C25H29NO8. The number of hydrogen-bond donors (Lipinski definition) is 5. The number of cyclic esters (lactones) is 1. The lowest BCUT2D eigenvalue weighted by atomic mass is 9.77. The van der Waals surface area contributed by atoms with Crippen molar-refractivity contribution in [2.45, 2.75) is 45.4 Å². The Morgan fingerprint density at radius 3 is 2.24 bits per heavy atom. The summed E-state index contributed by atoms with van der Waals surface area (Å²) in [7, 11) is 0. The van der Waals surface area contributed by atoms with Crippen LogP contribution >= 0.6 is 0 Å². The lowest BCUT2D eigenvalue weighted by molar-refractivity contribution is -0.157. The molecule has 3 rings (SSSR count). The summed E-state index contributed by atoms with van der Waals surface area (Å²) in [6.07, 6.45) is -2.68. The van der Waals surface area contributed by atoms with Crippen LogP contribution in [0.1, 0.15) is 49.2 Å². The van der Waals surface area contributed by atoms with Crippen LogP contribution in [0.5, 0.6) is 11.5 Å². The number of aromatic carboxylic acids is 1. The van der Waals surface area contributed by atoms with Gasteiger partial charge in [0.25, 0.3) is 0 Å². The minimum Gasteiger partial charge on any atom is -0.508 e. The number of para-hydroxylation sites is 1. The maximum absolute atomic E-state index is 13.2. The highest BCUT2D eigenvalue weighted by Gasteiger charge is 2.41. The lowest BCUT2D eigenvalue weighted by Gasteiger charge is -2.38. The van der Waals surface area contributed by atoms with Crippen LogP contribution in [0.25, 0.3) is 0 Å². The van der Waals surface area contributed by atoms with Gasteiger partial charge in [0.1, 0.15) is 23.4 Å². The van der Waals surface area contributed by atoms with E-state index in [4.69, 9.17) is 4.74 Å². The van der Waals surface area contributed by atoms with Crippen molar-refractivity contribution in [3.05, 3.63) is 53.6 Å². The number of ether oxygens (including phenoxy) is 1. The molecule has 2 aromatic carbocycles. The van der Waals surface area contributed by atoms with E-state index in [-0.39, 0.29) is 28.5 Å². The highest BCUT2D eigenvalue weighted by Crippen LogP contribution is 2.38. The fraction of sp³-hybridized carbons (Fsp3) is 0.400. The molecule has 0 amide bonds. The van der Waals surface area contributed by atoms with Crippen molar-refractivity contribution in [1.82, 2.24) is 0 Å². The molecule has 9 nitrogen and oxygen atoms in total. The van der Waals surface area contributed by atoms with E-state index < -0.39 is 54.4 Å². The number of rotatable bonds is 4. The number of anilines is 1. The standard InChI is InChI=1S/C25H29NO8/c1-12-20(29)11-21(30)34-24(15-8-16(27)10-17(28)9-15)14(3)22(13(2)23(12)31)26-19-7-5-4-6-18(19)25(32)33/h4-10,12-14,20,22,24,26-29H,11H2,1-3H3,(H,32,33)/t12-,13+,14+,20-,22-,24-/m0/s1. The zero-order chi connectivity index (χ0) is 25.2. The second kappa shape index (κ2) is 10.1. The number of hydrogen-bond acceptors (Lipinski definition) is 8. The molecule has 6 atom stereocenters. The molecular weight excluding hydrogens is 442 g/mol. The number of ketones is 1. The third kappa shape index (κ3) is 5.31. The highest BCUT2D eigenvalue weighted by atomic mass is 16.5. The minimum absolute atomic E-state index is 0.00284. The molecule has 1 aliphatic rings. The summed E-state index contributed by atoms with van der Waals surface area (Å²) in [5, 5.41) is 43.2. The van der Waals surface area contributed by atoms with Crippen LogP contribution in [0.4, 0.5) is 5.69 Å². The Morgan fingerprint density at radius 2 is 1.62 bits per heavy atom. The largest absolute Gasteiger partial charge is 0.508 e. The number of aliphatic hydroxyl groups is 1. The van der Waals surface area contributed by atoms with Crippen molar-refractivity contribution in [1.29, 1.82) is 0 Å². The summed E-state index contributed by atoms with van der Waals surface area (Å²) in [6, 6.07) is 9.32. The summed E-state index contributed by atoms with van der Waals surface area (Å²) in [4.78, 5) is 37.6. The number of benzene rings is 2. The highest BCUT2D eigenvalue weighted by molar-refractivity contribution is 5.94. The van der Waals surface area contributed by atoms with Crippen molar-refractivity contribution in [3.8, 4) is 11.5 Å². The molecule has 182 valence electrons. The summed E-state index contributed by atoms with van der Waals surface area (Å²) in [6.45, 7) is 4.94. The fourth-order valence-electron chi connectivity index (χ4n) is 4.45. The second-order valence-corrected chi connectivity index (χ2v) is 8.82. The van der Waals surface area contributed by atoms with Gasteiger partial charge in [-0.25, -0.2) is 4.79 Å². The first-order chi connectivity index (χ1) is 16.0. The summed E-state index contributed by atoms with van der Waals surface area (Å²) >= 11 is 0. The van der Waals surface area contributed by atoms with Crippen molar-refractivity contribution in [3.63, 3.8) is 0 Å². The molecule has 0 aromatic heterocycles. The van der Waals surface area contributed by atoms with E-state index in [1.54, 1.807) is 32.0 Å². The van der Waals surface area contributed by atoms with E-state index in [2.05, 4.69) is 5.32 Å². The molecule has 34 heavy (non-hydrogen) atoms. The Bertz CT molecular complexity index is 1060. The maximum Gasteiger partial charge on any atom is 0.337 e. The van der Waals surface area contributed by atoms with Gasteiger partial charge in [-0.3, -0.25) is 9.59 Å². The van der Waals surface area contributed by atoms with E-state index in [0.29, 0.717) is 5.56 Å². The average molecular weight is 472 g/mol. The third-order valence-electron chi connectivity index (χ3n) is 6.42. The van der Waals surface area contributed by atoms with Crippen LogP contribution in [0, 0.1) is 17.8 Å². The van der Waals surface area contributed by atoms with E-state index in [9.17, 15) is 34.8 Å². The normalized spacial score (nSPS) is 28.1. The third-order valence-corrected chi connectivity index (χ3v) is 6.42. The predicted molar refractivity (Wildman–Crippen MR) is 123 cm³/mol. The lowest BCUT2D eigenvalue weighted by Crippen LogP contribution is -2.46. The zero-order valence-corrected chi connectivity index (χ0v) is 19.1. The van der Waals surface area contributed by atoms with E-state index in [0.717, 1.165) is 6.07 Å². The van der Waals surface area contributed by atoms with Gasteiger partial charge in [-0.1, -0.05) is 32.9 Å². The summed E-state index contributed by atoms with van der Waals surface area (Å²) in [5.74, 6) is -4.86. The maximum atomic E-state index is 13.2. The zero-order valence-electron chi connectivity index (χ0n) is 19.1. The number of phenolic OH excluding ortho intramolecular Hbond substituents is 2. The number of Topliss-reactive ketones (excluding diaryl/α,β-unsaturated/α-hetero) is 1. The monoisotopic (exact) mass is 471 g/mol. The van der Waals surface area contributed by atoms with Gasteiger partial charge in [0.05, 0.1) is 18.1 Å². The molecule has 0 radical (unpaired) electrons. The van der Waals surface area contributed by atoms with E-state index >= 15 is 0 Å².